The van der Waals surface area contributed by atoms with Gasteiger partial charge in [0, 0.05) is 19.7 Å². The van der Waals surface area contributed by atoms with Crippen molar-refractivity contribution < 1.29 is 9.53 Å². The number of aromatic nitrogens is 3. The zero-order valence-corrected chi connectivity index (χ0v) is 18.3. The van der Waals surface area contributed by atoms with E-state index >= 15 is 0 Å². The van der Waals surface area contributed by atoms with Gasteiger partial charge in [0.1, 0.15) is 0 Å². The van der Waals surface area contributed by atoms with Crippen LogP contribution in [-0.4, -0.2) is 50.6 Å². The van der Waals surface area contributed by atoms with Crippen molar-refractivity contribution >= 4 is 29.0 Å². The largest absolute Gasteiger partial charge is 0.376 e. The summed E-state index contributed by atoms with van der Waals surface area (Å²) in [7, 11) is 0. The summed E-state index contributed by atoms with van der Waals surface area (Å²) in [6.07, 6.45) is 3.26. The molecule has 0 N–H and O–H groups in total. The minimum absolute atomic E-state index is 0.152. The number of carbonyl (C=O) groups is 1. The molecule has 0 radical (unpaired) electrons. The van der Waals surface area contributed by atoms with Crippen LogP contribution in [0.15, 0.2) is 46.9 Å². The first-order valence-electron chi connectivity index (χ1n) is 10.3. The lowest BCUT2D eigenvalue weighted by atomic mass is 10.00. The third-order valence-electron chi connectivity index (χ3n) is 5.68. The molecule has 1 unspecified atom stereocenters. The maximum atomic E-state index is 12.9. The summed E-state index contributed by atoms with van der Waals surface area (Å²) in [5, 5.41) is 11.7. The third-order valence-corrected chi connectivity index (χ3v) is 7.49. The van der Waals surface area contributed by atoms with Gasteiger partial charge in [-0.25, -0.2) is 0 Å². The monoisotopic (exact) mass is 440 g/mol. The van der Waals surface area contributed by atoms with E-state index in [4.69, 9.17) is 4.74 Å². The molecule has 2 aliphatic heterocycles. The maximum absolute atomic E-state index is 12.9. The smallest absolute Gasteiger partial charge is 0.233 e. The highest BCUT2D eigenvalue weighted by Crippen LogP contribution is 2.29. The number of ether oxygens (including phenoxy) is 1. The molecule has 1 saturated heterocycles. The fourth-order valence-electron chi connectivity index (χ4n) is 4.07. The molecule has 0 saturated carbocycles. The van der Waals surface area contributed by atoms with Crippen molar-refractivity contribution in [3.05, 3.63) is 52.9 Å². The number of amides is 1. The highest BCUT2D eigenvalue weighted by molar-refractivity contribution is 7.99. The lowest BCUT2D eigenvalue weighted by molar-refractivity contribution is -0.129. The van der Waals surface area contributed by atoms with Gasteiger partial charge in [-0.3, -0.25) is 9.36 Å². The second-order valence-corrected chi connectivity index (χ2v) is 9.54. The number of hydrogen-bond acceptors (Lipinski definition) is 6. The molecule has 3 aromatic rings. The Labute approximate surface area is 184 Å². The van der Waals surface area contributed by atoms with Crippen LogP contribution in [-0.2, 0) is 29.0 Å². The number of hydrogen-bond donors (Lipinski definition) is 0. The maximum Gasteiger partial charge on any atom is 0.233 e. The fraction of sp³-hybridized carbons (Fsp3) is 0.409. The van der Waals surface area contributed by atoms with E-state index in [9.17, 15) is 4.79 Å². The lowest BCUT2D eigenvalue weighted by Gasteiger charge is -2.28. The van der Waals surface area contributed by atoms with Crippen LogP contribution in [0.5, 0.6) is 0 Å². The second kappa shape index (κ2) is 8.91. The SMILES string of the molecule is O=C(CSc1nnc(-c2cccs2)n1CC1CCCO1)N1CCc2ccccc2C1. The number of carbonyl (C=O) groups excluding carboxylic acids is 1. The molecular weight excluding hydrogens is 416 g/mol. The number of thioether (sulfide) groups is 1. The molecular formula is C22H24N4O2S2. The Morgan fingerprint density at radius 1 is 1.20 bits per heavy atom. The van der Waals surface area contributed by atoms with Gasteiger partial charge in [0.05, 0.1) is 23.3 Å². The number of fused-ring (bicyclic) bond motifs is 1. The van der Waals surface area contributed by atoms with Crippen LogP contribution in [0.1, 0.15) is 24.0 Å². The van der Waals surface area contributed by atoms with Gasteiger partial charge >= 0.3 is 0 Å². The lowest BCUT2D eigenvalue weighted by Crippen LogP contribution is -2.37. The van der Waals surface area contributed by atoms with Gasteiger partial charge in [0.25, 0.3) is 0 Å². The summed E-state index contributed by atoms with van der Waals surface area (Å²) in [6, 6.07) is 12.5. The van der Waals surface area contributed by atoms with Crippen LogP contribution in [0.2, 0.25) is 0 Å². The Balaban J connectivity index is 1.29. The first kappa shape index (κ1) is 19.8. The van der Waals surface area contributed by atoms with E-state index in [1.807, 2.05) is 22.4 Å². The van der Waals surface area contributed by atoms with Crippen LogP contribution in [0.25, 0.3) is 10.7 Å². The van der Waals surface area contributed by atoms with E-state index in [1.54, 1.807) is 11.3 Å². The van der Waals surface area contributed by atoms with Crippen molar-refractivity contribution in [3.8, 4) is 10.7 Å². The molecule has 2 aromatic heterocycles. The summed E-state index contributed by atoms with van der Waals surface area (Å²) in [5.41, 5.74) is 2.61. The molecule has 30 heavy (non-hydrogen) atoms. The Bertz CT molecular complexity index is 1010. The number of thiophene rings is 1. The standard InChI is InChI=1S/C22H24N4O2S2/c27-20(25-10-9-16-5-1-2-6-17(16)13-25)15-30-22-24-23-21(19-8-4-12-29-19)26(22)14-18-7-3-11-28-18/h1-2,4-6,8,12,18H,3,7,9-11,13-15H2. The minimum atomic E-state index is 0.152. The fourth-order valence-corrected chi connectivity index (χ4v) is 5.63. The molecule has 1 atom stereocenters. The van der Waals surface area contributed by atoms with E-state index < -0.39 is 0 Å². The third kappa shape index (κ3) is 4.17. The Morgan fingerprint density at radius 2 is 2.10 bits per heavy atom. The Kier molecular flexibility index (Phi) is 5.88. The van der Waals surface area contributed by atoms with Crippen molar-refractivity contribution in [1.29, 1.82) is 0 Å². The molecule has 0 bridgehead atoms. The Morgan fingerprint density at radius 3 is 2.90 bits per heavy atom. The van der Waals surface area contributed by atoms with Crippen molar-refractivity contribution in [1.82, 2.24) is 19.7 Å². The summed E-state index contributed by atoms with van der Waals surface area (Å²) in [4.78, 5) is 15.9. The number of benzene rings is 1. The minimum Gasteiger partial charge on any atom is -0.376 e. The highest BCUT2D eigenvalue weighted by Gasteiger charge is 2.24. The van der Waals surface area contributed by atoms with Crippen molar-refractivity contribution in [2.24, 2.45) is 0 Å². The topological polar surface area (TPSA) is 60.3 Å². The Hall–Kier alpha value is -2.16. The van der Waals surface area contributed by atoms with Gasteiger partial charge in [-0.2, -0.15) is 0 Å². The van der Waals surface area contributed by atoms with Crippen molar-refractivity contribution in [2.45, 2.75) is 43.6 Å². The zero-order chi connectivity index (χ0) is 20.3. The zero-order valence-electron chi connectivity index (χ0n) is 16.7. The van der Waals surface area contributed by atoms with Gasteiger partial charge in [-0.15, -0.1) is 21.5 Å². The molecule has 0 spiro atoms. The molecule has 1 fully saturated rings. The predicted octanol–water partition coefficient (Wildman–Crippen LogP) is 3.86. The highest BCUT2D eigenvalue weighted by atomic mass is 32.2. The molecule has 4 heterocycles. The van der Waals surface area contributed by atoms with Crippen molar-refractivity contribution in [2.75, 3.05) is 18.9 Å². The van der Waals surface area contributed by atoms with E-state index in [1.165, 1.54) is 22.9 Å². The van der Waals surface area contributed by atoms with Crippen molar-refractivity contribution in [3.63, 3.8) is 0 Å². The van der Waals surface area contributed by atoms with Crippen LogP contribution in [0, 0.1) is 0 Å². The molecule has 5 rings (SSSR count). The summed E-state index contributed by atoms with van der Waals surface area (Å²) >= 11 is 3.13. The van der Waals surface area contributed by atoms with E-state index in [-0.39, 0.29) is 12.0 Å². The average Bonchev–Trinajstić information content (AvgIpc) is 3.54. The number of nitrogens with zero attached hydrogens (tertiary/aromatic N) is 4. The summed E-state index contributed by atoms with van der Waals surface area (Å²) in [5.74, 6) is 1.39. The van der Waals surface area contributed by atoms with Gasteiger partial charge in [-0.05, 0) is 41.8 Å². The molecule has 1 aromatic carbocycles. The molecule has 1 amide bonds. The van der Waals surface area contributed by atoms with Crippen LogP contribution < -0.4 is 0 Å². The molecule has 156 valence electrons. The summed E-state index contributed by atoms with van der Waals surface area (Å²) in [6.45, 7) is 3.02. The van der Waals surface area contributed by atoms with E-state index in [0.717, 1.165) is 54.8 Å². The first-order valence-corrected chi connectivity index (χ1v) is 12.2. The summed E-state index contributed by atoms with van der Waals surface area (Å²) < 4.78 is 7.98. The quantitative estimate of drug-likeness (QED) is 0.545. The van der Waals surface area contributed by atoms with Crippen LogP contribution >= 0.6 is 23.1 Å². The van der Waals surface area contributed by atoms with Crippen LogP contribution in [0.4, 0.5) is 0 Å². The van der Waals surface area contributed by atoms with Gasteiger partial charge in [0.15, 0.2) is 11.0 Å². The van der Waals surface area contributed by atoms with Gasteiger partial charge in [-0.1, -0.05) is 42.1 Å². The first-order chi connectivity index (χ1) is 14.8. The molecule has 2 aliphatic rings. The second-order valence-electron chi connectivity index (χ2n) is 7.65. The van der Waals surface area contributed by atoms with Gasteiger partial charge in [0.2, 0.25) is 5.91 Å². The van der Waals surface area contributed by atoms with Gasteiger partial charge < -0.3 is 9.64 Å². The molecule has 8 heteroatoms. The molecule has 6 nitrogen and oxygen atoms in total. The normalized spacial score (nSPS) is 18.5. The predicted molar refractivity (Wildman–Crippen MR) is 119 cm³/mol. The van der Waals surface area contributed by atoms with E-state index in [2.05, 4.69) is 39.0 Å². The number of rotatable bonds is 6. The molecule has 0 aliphatic carbocycles. The van der Waals surface area contributed by atoms with Crippen LogP contribution in [0.3, 0.4) is 0 Å². The van der Waals surface area contributed by atoms with E-state index in [0.29, 0.717) is 12.3 Å². The average molecular weight is 441 g/mol.